The summed E-state index contributed by atoms with van der Waals surface area (Å²) in [5, 5.41) is 3.05. The molecule has 1 saturated carbocycles. The van der Waals surface area contributed by atoms with E-state index < -0.39 is 0 Å². The summed E-state index contributed by atoms with van der Waals surface area (Å²) in [6, 6.07) is 18.4. The van der Waals surface area contributed by atoms with Gasteiger partial charge in [-0.25, -0.2) is 0 Å². The van der Waals surface area contributed by atoms with E-state index in [1.54, 1.807) is 0 Å². The van der Waals surface area contributed by atoms with E-state index in [1.807, 2.05) is 30.3 Å². The van der Waals surface area contributed by atoms with Gasteiger partial charge in [0.15, 0.2) is 0 Å². The van der Waals surface area contributed by atoms with Crippen molar-refractivity contribution in [2.75, 3.05) is 23.3 Å². The molecule has 23 heavy (non-hydrogen) atoms. The normalized spacial score (nSPS) is 19.2. The van der Waals surface area contributed by atoms with E-state index in [1.165, 1.54) is 11.3 Å². The first-order valence-corrected chi connectivity index (χ1v) is 8.43. The highest BCUT2D eigenvalue weighted by Gasteiger charge is 2.43. The van der Waals surface area contributed by atoms with Gasteiger partial charge in [-0.1, -0.05) is 30.3 Å². The average molecular weight is 308 g/mol. The van der Waals surface area contributed by atoms with Crippen molar-refractivity contribution in [3.05, 3.63) is 60.2 Å². The number of hydrogen-bond donors (Lipinski definition) is 1. The first kappa shape index (κ1) is 15.6. The molecule has 3 heteroatoms. The molecule has 2 aromatic carbocycles. The van der Waals surface area contributed by atoms with E-state index in [0.29, 0.717) is 5.92 Å². The predicted molar refractivity (Wildman–Crippen MR) is 95.9 cm³/mol. The van der Waals surface area contributed by atoms with Gasteiger partial charge in [-0.15, -0.1) is 0 Å². The largest absolute Gasteiger partial charge is 0.372 e. The van der Waals surface area contributed by atoms with Crippen LogP contribution in [-0.4, -0.2) is 19.0 Å². The molecule has 1 fully saturated rings. The van der Waals surface area contributed by atoms with Crippen molar-refractivity contribution in [3.63, 3.8) is 0 Å². The van der Waals surface area contributed by atoms with E-state index in [-0.39, 0.29) is 11.8 Å². The Morgan fingerprint density at radius 1 is 1.04 bits per heavy atom. The van der Waals surface area contributed by atoms with Crippen molar-refractivity contribution < 1.29 is 4.79 Å². The topological polar surface area (TPSA) is 32.3 Å². The quantitative estimate of drug-likeness (QED) is 0.864. The first-order chi connectivity index (χ1) is 11.2. The fourth-order valence-corrected chi connectivity index (χ4v) is 3.13. The summed E-state index contributed by atoms with van der Waals surface area (Å²) < 4.78 is 0. The van der Waals surface area contributed by atoms with Crippen LogP contribution in [0.3, 0.4) is 0 Å². The zero-order valence-electron chi connectivity index (χ0n) is 13.8. The average Bonchev–Trinajstić information content (AvgIpc) is 3.39. The molecule has 0 spiro atoms. The smallest absolute Gasteiger partial charge is 0.228 e. The van der Waals surface area contributed by atoms with Crippen molar-refractivity contribution >= 4 is 17.3 Å². The standard InChI is InChI=1S/C20H24N2O/c1-3-22(4-2)17-12-10-16(11-13-17)21-20(23)19-14-18(19)15-8-6-5-7-9-15/h5-13,18-19H,3-4,14H2,1-2H3,(H,21,23)/t18-,19+/m1/s1. The molecule has 0 saturated heterocycles. The third-order valence-corrected chi connectivity index (χ3v) is 4.62. The SMILES string of the molecule is CCN(CC)c1ccc(NC(=O)[C@H]2C[C@@H]2c2ccccc2)cc1. The van der Waals surface area contributed by atoms with Gasteiger partial charge in [0.2, 0.25) is 5.91 Å². The number of hydrogen-bond acceptors (Lipinski definition) is 2. The minimum atomic E-state index is 0.111. The predicted octanol–water partition coefficient (Wildman–Crippen LogP) is 4.28. The lowest BCUT2D eigenvalue weighted by Crippen LogP contribution is -2.21. The van der Waals surface area contributed by atoms with Gasteiger partial charge in [0.25, 0.3) is 0 Å². The molecule has 0 unspecified atom stereocenters. The van der Waals surface area contributed by atoms with Crippen LogP contribution in [0.25, 0.3) is 0 Å². The van der Waals surface area contributed by atoms with Crippen LogP contribution in [0, 0.1) is 5.92 Å². The van der Waals surface area contributed by atoms with Gasteiger partial charge in [-0.05, 0) is 56.0 Å². The summed E-state index contributed by atoms with van der Waals surface area (Å²) in [4.78, 5) is 14.7. The van der Waals surface area contributed by atoms with Gasteiger partial charge in [0.05, 0.1) is 0 Å². The highest BCUT2D eigenvalue weighted by molar-refractivity contribution is 5.95. The van der Waals surface area contributed by atoms with Crippen LogP contribution in [0.1, 0.15) is 31.7 Å². The molecule has 2 atom stereocenters. The van der Waals surface area contributed by atoms with Gasteiger partial charge in [-0.2, -0.15) is 0 Å². The molecule has 1 amide bonds. The fraction of sp³-hybridized carbons (Fsp3) is 0.350. The van der Waals surface area contributed by atoms with E-state index >= 15 is 0 Å². The van der Waals surface area contributed by atoms with E-state index in [9.17, 15) is 4.79 Å². The minimum absolute atomic E-state index is 0.111. The minimum Gasteiger partial charge on any atom is -0.372 e. The van der Waals surface area contributed by atoms with Gasteiger partial charge in [0, 0.05) is 30.4 Å². The number of nitrogens with one attached hydrogen (secondary N) is 1. The van der Waals surface area contributed by atoms with E-state index in [0.717, 1.165) is 25.2 Å². The van der Waals surface area contributed by atoms with Crippen molar-refractivity contribution in [2.24, 2.45) is 5.92 Å². The second kappa shape index (κ2) is 6.86. The highest BCUT2D eigenvalue weighted by atomic mass is 16.2. The number of benzene rings is 2. The molecule has 0 radical (unpaired) electrons. The van der Waals surface area contributed by atoms with Crippen LogP contribution in [0.4, 0.5) is 11.4 Å². The summed E-state index contributed by atoms with van der Waals surface area (Å²) in [7, 11) is 0. The summed E-state index contributed by atoms with van der Waals surface area (Å²) in [5.41, 5.74) is 3.34. The van der Waals surface area contributed by atoms with Crippen molar-refractivity contribution in [1.29, 1.82) is 0 Å². The second-order valence-electron chi connectivity index (χ2n) is 6.07. The van der Waals surface area contributed by atoms with Crippen molar-refractivity contribution in [2.45, 2.75) is 26.2 Å². The molecule has 0 heterocycles. The van der Waals surface area contributed by atoms with Gasteiger partial charge in [0.1, 0.15) is 0 Å². The van der Waals surface area contributed by atoms with Gasteiger partial charge >= 0.3 is 0 Å². The monoisotopic (exact) mass is 308 g/mol. The lowest BCUT2D eigenvalue weighted by molar-refractivity contribution is -0.117. The Morgan fingerprint density at radius 2 is 1.70 bits per heavy atom. The number of carbonyl (C=O) groups excluding carboxylic acids is 1. The molecule has 0 aromatic heterocycles. The molecule has 120 valence electrons. The van der Waals surface area contributed by atoms with E-state index in [2.05, 4.69) is 48.3 Å². The lowest BCUT2D eigenvalue weighted by Gasteiger charge is -2.21. The Bertz CT molecular complexity index is 647. The molecule has 0 aliphatic heterocycles. The Labute approximate surface area is 138 Å². The zero-order valence-corrected chi connectivity index (χ0v) is 13.8. The Morgan fingerprint density at radius 3 is 2.30 bits per heavy atom. The Kier molecular flexibility index (Phi) is 4.65. The molecule has 3 nitrogen and oxygen atoms in total. The van der Waals surface area contributed by atoms with Crippen LogP contribution in [0.2, 0.25) is 0 Å². The van der Waals surface area contributed by atoms with Crippen molar-refractivity contribution in [1.82, 2.24) is 0 Å². The molecule has 3 rings (SSSR count). The molecule has 1 aliphatic rings. The van der Waals surface area contributed by atoms with E-state index in [4.69, 9.17) is 0 Å². The molecule has 0 bridgehead atoms. The third-order valence-electron chi connectivity index (χ3n) is 4.62. The van der Waals surface area contributed by atoms with Gasteiger partial charge < -0.3 is 10.2 Å². The maximum Gasteiger partial charge on any atom is 0.228 e. The third kappa shape index (κ3) is 3.55. The summed E-state index contributed by atoms with van der Waals surface area (Å²) in [6.07, 6.45) is 0.952. The second-order valence-corrected chi connectivity index (χ2v) is 6.07. The van der Waals surface area contributed by atoms with Crippen molar-refractivity contribution in [3.8, 4) is 0 Å². The number of amides is 1. The van der Waals surface area contributed by atoms with Crippen LogP contribution < -0.4 is 10.2 Å². The number of nitrogens with zero attached hydrogens (tertiary/aromatic N) is 1. The van der Waals surface area contributed by atoms with Crippen LogP contribution in [0.5, 0.6) is 0 Å². The summed E-state index contributed by atoms with van der Waals surface area (Å²) in [5.74, 6) is 0.625. The highest BCUT2D eigenvalue weighted by Crippen LogP contribution is 2.47. The molecular weight excluding hydrogens is 284 g/mol. The lowest BCUT2D eigenvalue weighted by atomic mass is 10.1. The van der Waals surface area contributed by atoms with Crippen LogP contribution >= 0.6 is 0 Å². The first-order valence-electron chi connectivity index (χ1n) is 8.43. The molecule has 2 aromatic rings. The number of carbonyl (C=O) groups is 1. The summed E-state index contributed by atoms with van der Waals surface area (Å²) >= 11 is 0. The molecule has 1 aliphatic carbocycles. The number of anilines is 2. The molecule has 1 N–H and O–H groups in total. The maximum absolute atomic E-state index is 12.4. The summed E-state index contributed by atoms with van der Waals surface area (Å²) in [6.45, 7) is 6.28. The van der Waals surface area contributed by atoms with Crippen LogP contribution in [-0.2, 0) is 4.79 Å². The zero-order chi connectivity index (χ0) is 16.2. The number of rotatable bonds is 6. The Balaban J connectivity index is 1.59. The molecular formula is C20H24N2O. The fourth-order valence-electron chi connectivity index (χ4n) is 3.13. The van der Waals surface area contributed by atoms with Crippen LogP contribution in [0.15, 0.2) is 54.6 Å². The Hall–Kier alpha value is -2.29. The maximum atomic E-state index is 12.4. The van der Waals surface area contributed by atoms with Gasteiger partial charge in [-0.3, -0.25) is 4.79 Å².